The van der Waals surface area contributed by atoms with Crippen LogP contribution in [-0.4, -0.2) is 60.5 Å². The van der Waals surface area contributed by atoms with Gasteiger partial charge in [0.2, 0.25) is 0 Å². The zero-order chi connectivity index (χ0) is 17.6. The van der Waals surface area contributed by atoms with Gasteiger partial charge < -0.3 is 9.64 Å². The lowest BCUT2D eigenvalue weighted by Crippen LogP contribution is -2.49. The van der Waals surface area contributed by atoms with Gasteiger partial charge >= 0.3 is 0 Å². The SMILES string of the molecule is COc1ccc(C(=O)N2CCN(CCc3ccccn3)CC2)cc1Cl. The van der Waals surface area contributed by atoms with Crippen LogP contribution in [0.15, 0.2) is 42.6 Å². The van der Waals surface area contributed by atoms with Crippen LogP contribution in [0.5, 0.6) is 5.75 Å². The molecule has 1 amide bonds. The highest BCUT2D eigenvalue weighted by atomic mass is 35.5. The van der Waals surface area contributed by atoms with Gasteiger partial charge in [0.05, 0.1) is 12.1 Å². The Balaban J connectivity index is 1.51. The van der Waals surface area contributed by atoms with Crippen molar-refractivity contribution >= 4 is 17.5 Å². The van der Waals surface area contributed by atoms with Crippen LogP contribution in [0.4, 0.5) is 0 Å². The van der Waals surface area contributed by atoms with Crippen molar-refractivity contribution in [3.05, 3.63) is 58.9 Å². The Bertz CT molecular complexity index is 716. The average molecular weight is 360 g/mol. The Morgan fingerprint density at radius 1 is 1.20 bits per heavy atom. The van der Waals surface area contributed by atoms with Crippen LogP contribution in [0.3, 0.4) is 0 Å². The summed E-state index contributed by atoms with van der Waals surface area (Å²) in [5.41, 5.74) is 1.71. The van der Waals surface area contributed by atoms with Crippen molar-refractivity contribution in [2.75, 3.05) is 39.8 Å². The molecular formula is C19H22ClN3O2. The zero-order valence-electron chi connectivity index (χ0n) is 14.3. The molecule has 0 N–H and O–H groups in total. The number of carbonyl (C=O) groups excluding carboxylic acids is 1. The molecule has 0 saturated carbocycles. The van der Waals surface area contributed by atoms with E-state index in [9.17, 15) is 4.79 Å². The number of ether oxygens (including phenoxy) is 1. The van der Waals surface area contributed by atoms with Crippen molar-refractivity contribution in [2.24, 2.45) is 0 Å². The minimum Gasteiger partial charge on any atom is -0.495 e. The van der Waals surface area contributed by atoms with Crippen LogP contribution >= 0.6 is 11.6 Å². The summed E-state index contributed by atoms with van der Waals surface area (Å²) in [6.07, 6.45) is 2.76. The molecule has 0 atom stereocenters. The van der Waals surface area contributed by atoms with Gasteiger partial charge in [0.1, 0.15) is 5.75 Å². The molecule has 132 valence electrons. The van der Waals surface area contributed by atoms with Crippen molar-refractivity contribution in [2.45, 2.75) is 6.42 Å². The van der Waals surface area contributed by atoms with E-state index in [0.29, 0.717) is 16.3 Å². The molecular weight excluding hydrogens is 338 g/mol. The highest BCUT2D eigenvalue weighted by Gasteiger charge is 2.22. The van der Waals surface area contributed by atoms with Crippen molar-refractivity contribution in [1.82, 2.24) is 14.8 Å². The van der Waals surface area contributed by atoms with E-state index in [1.807, 2.05) is 29.3 Å². The summed E-state index contributed by atoms with van der Waals surface area (Å²) in [4.78, 5) is 21.2. The predicted molar refractivity (Wildman–Crippen MR) is 98.3 cm³/mol. The van der Waals surface area contributed by atoms with Gasteiger partial charge in [-0.25, -0.2) is 0 Å². The van der Waals surface area contributed by atoms with E-state index in [0.717, 1.165) is 44.8 Å². The van der Waals surface area contributed by atoms with Crippen LogP contribution < -0.4 is 4.74 Å². The van der Waals surface area contributed by atoms with Crippen LogP contribution in [0.25, 0.3) is 0 Å². The quantitative estimate of drug-likeness (QED) is 0.823. The number of piperazine rings is 1. The number of nitrogens with zero attached hydrogens (tertiary/aromatic N) is 3. The second-order valence-corrected chi connectivity index (χ2v) is 6.46. The van der Waals surface area contributed by atoms with Gasteiger partial charge in [-0.15, -0.1) is 0 Å². The topological polar surface area (TPSA) is 45.7 Å². The first-order valence-corrected chi connectivity index (χ1v) is 8.80. The Kier molecular flexibility index (Phi) is 5.89. The maximum Gasteiger partial charge on any atom is 0.253 e. The number of aromatic nitrogens is 1. The van der Waals surface area contributed by atoms with Crippen molar-refractivity contribution < 1.29 is 9.53 Å². The normalized spacial score (nSPS) is 15.2. The number of hydrogen-bond donors (Lipinski definition) is 0. The molecule has 1 aromatic carbocycles. The standard InChI is InChI=1S/C19H22ClN3O2/c1-25-18-6-5-15(14-17(18)20)19(24)23-12-10-22(11-13-23)9-7-16-4-2-3-8-21-16/h2-6,8,14H,7,9-13H2,1H3. The fraction of sp³-hybridized carbons (Fsp3) is 0.368. The highest BCUT2D eigenvalue weighted by molar-refractivity contribution is 6.32. The summed E-state index contributed by atoms with van der Waals surface area (Å²) in [6, 6.07) is 11.2. The fourth-order valence-corrected chi connectivity index (χ4v) is 3.23. The lowest BCUT2D eigenvalue weighted by atomic mass is 10.1. The zero-order valence-corrected chi connectivity index (χ0v) is 15.1. The molecule has 5 nitrogen and oxygen atoms in total. The van der Waals surface area contributed by atoms with Gasteiger partial charge in [0.15, 0.2) is 0 Å². The smallest absolute Gasteiger partial charge is 0.253 e. The van der Waals surface area contributed by atoms with Crippen LogP contribution in [-0.2, 0) is 6.42 Å². The van der Waals surface area contributed by atoms with E-state index in [4.69, 9.17) is 16.3 Å². The molecule has 1 aliphatic heterocycles. The number of hydrogen-bond acceptors (Lipinski definition) is 4. The molecule has 2 heterocycles. The summed E-state index contributed by atoms with van der Waals surface area (Å²) in [6.45, 7) is 4.17. The first-order valence-electron chi connectivity index (χ1n) is 8.42. The van der Waals surface area contributed by atoms with E-state index in [2.05, 4.69) is 9.88 Å². The maximum atomic E-state index is 12.6. The minimum absolute atomic E-state index is 0.0222. The molecule has 1 fully saturated rings. The Morgan fingerprint density at radius 2 is 2.00 bits per heavy atom. The summed E-state index contributed by atoms with van der Waals surface area (Å²) in [5.74, 6) is 0.603. The number of methoxy groups -OCH3 is 1. The van der Waals surface area contributed by atoms with E-state index in [1.165, 1.54) is 0 Å². The van der Waals surface area contributed by atoms with Crippen molar-refractivity contribution in [1.29, 1.82) is 0 Å². The Morgan fingerprint density at radius 3 is 2.64 bits per heavy atom. The third kappa shape index (κ3) is 4.50. The monoisotopic (exact) mass is 359 g/mol. The first-order chi connectivity index (χ1) is 12.2. The van der Waals surface area contributed by atoms with Crippen molar-refractivity contribution in [3.8, 4) is 5.75 Å². The molecule has 0 unspecified atom stereocenters. The molecule has 2 aromatic rings. The van der Waals surface area contributed by atoms with Gasteiger partial charge in [0.25, 0.3) is 5.91 Å². The summed E-state index contributed by atoms with van der Waals surface area (Å²) < 4.78 is 5.13. The molecule has 0 aliphatic carbocycles. The largest absolute Gasteiger partial charge is 0.495 e. The second kappa shape index (κ2) is 8.32. The number of rotatable bonds is 5. The first kappa shape index (κ1) is 17.7. The van der Waals surface area contributed by atoms with E-state index in [-0.39, 0.29) is 5.91 Å². The van der Waals surface area contributed by atoms with Gasteiger partial charge in [-0.05, 0) is 30.3 Å². The molecule has 0 radical (unpaired) electrons. The van der Waals surface area contributed by atoms with Crippen molar-refractivity contribution in [3.63, 3.8) is 0 Å². The summed E-state index contributed by atoms with van der Waals surface area (Å²) in [7, 11) is 1.56. The number of amides is 1. The lowest BCUT2D eigenvalue weighted by molar-refractivity contribution is 0.0638. The number of halogens is 1. The maximum absolute atomic E-state index is 12.6. The summed E-state index contributed by atoms with van der Waals surface area (Å²) >= 11 is 6.13. The molecule has 0 bridgehead atoms. The van der Waals surface area contributed by atoms with Crippen LogP contribution in [0.1, 0.15) is 16.1 Å². The molecule has 1 aromatic heterocycles. The molecule has 25 heavy (non-hydrogen) atoms. The fourth-order valence-electron chi connectivity index (χ4n) is 2.98. The van der Waals surface area contributed by atoms with E-state index >= 15 is 0 Å². The van der Waals surface area contributed by atoms with Gasteiger partial charge in [0, 0.05) is 56.6 Å². The summed E-state index contributed by atoms with van der Waals surface area (Å²) in [5, 5.41) is 0.461. The second-order valence-electron chi connectivity index (χ2n) is 6.05. The number of carbonyl (C=O) groups is 1. The van der Waals surface area contributed by atoms with Gasteiger partial charge in [-0.2, -0.15) is 0 Å². The molecule has 0 spiro atoms. The number of pyridine rings is 1. The molecule has 3 rings (SSSR count). The Labute approximate surface area is 153 Å². The third-order valence-electron chi connectivity index (χ3n) is 4.47. The average Bonchev–Trinajstić information content (AvgIpc) is 2.67. The van der Waals surface area contributed by atoms with E-state index in [1.54, 1.807) is 25.3 Å². The van der Waals surface area contributed by atoms with Crippen LogP contribution in [0.2, 0.25) is 5.02 Å². The highest BCUT2D eigenvalue weighted by Crippen LogP contribution is 2.25. The van der Waals surface area contributed by atoms with Gasteiger partial charge in [-0.3, -0.25) is 14.7 Å². The van der Waals surface area contributed by atoms with E-state index < -0.39 is 0 Å². The third-order valence-corrected chi connectivity index (χ3v) is 4.76. The molecule has 1 saturated heterocycles. The molecule has 1 aliphatic rings. The Hall–Kier alpha value is -2.11. The minimum atomic E-state index is 0.0222. The van der Waals surface area contributed by atoms with Crippen LogP contribution in [0, 0.1) is 0 Å². The lowest BCUT2D eigenvalue weighted by Gasteiger charge is -2.34. The predicted octanol–water partition coefficient (Wildman–Crippen LogP) is 2.74. The van der Waals surface area contributed by atoms with Gasteiger partial charge in [-0.1, -0.05) is 17.7 Å². The number of benzene rings is 1. The molecule has 6 heteroatoms.